The molecule has 11 aromatic carbocycles. The van der Waals surface area contributed by atoms with Crippen molar-refractivity contribution in [2.45, 2.75) is 37.5 Å². The van der Waals surface area contributed by atoms with E-state index in [1.54, 1.807) is 0 Å². The normalized spacial score (nSPS) is 13.4. The summed E-state index contributed by atoms with van der Waals surface area (Å²) in [6, 6.07) is 98.3. The monoisotopic (exact) mass is 922 g/mol. The van der Waals surface area contributed by atoms with Gasteiger partial charge in [0.25, 0.3) is 0 Å². The number of nitrogens with zero attached hydrogens (tertiary/aromatic N) is 2. The maximum Gasteiger partial charge on any atom is 0.0540 e. The molecule has 0 aliphatic heterocycles. The van der Waals surface area contributed by atoms with E-state index in [0.29, 0.717) is 0 Å². The van der Waals surface area contributed by atoms with Crippen LogP contribution < -0.4 is 9.80 Å². The van der Waals surface area contributed by atoms with Gasteiger partial charge in [0.15, 0.2) is 0 Å². The van der Waals surface area contributed by atoms with E-state index in [1.807, 2.05) is 0 Å². The summed E-state index contributed by atoms with van der Waals surface area (Å²) in [5.41, 5.74) is 22.1. The van der Waals surface area contributed by atoms with Gasteiger partial charge < -0.3 is 9.80 Å². The number of benzene rings is 11. The number of anilines is 6. The van der Waals surface area contributed by atoms with Crippen molar-refractivity contribution in [3.63, 3.8) is 0 Å². The van der Waals surface area contributed by atoms with E-state index in [9.17, 15) is 0 Å². The van der Waals surface area contributed by atoms with E-state index < -0.39 is 0 Å². The molecule has 0 heterocycles. The van der Waals surface area contributed by atoms with Crippen LogP contribution in [0.1, 0.15) is 43.2 Å². The molecule has 0 radical (unpaired) electrons. The molecule has 2 nitrogen and oxygen atoms in total. The summed E-state index contributed by atoms with van der Waals surface area (Å²) in [6.45, 7) is 0. The highest BCUT2D eigenvalue weighted by molar-refractivity contribution is 6.00. The van der Waals surface area contributed by atoms with Crippen LogP contribution >= 0.6 is 0 Å². The van der Waals surface area contributed by atoms with Gasteiger partial charge in [-0.1, -0.05) is 213 Å². The third kappa shape index (κ3) is 7.86. The smallest absolute Gasteiger partial charge is 0.0540 e. The van der Waals surface area contributed by atoms with Crippen LogP contribution in [0.25, 0.3) is 66.4 Å². The molecule has 11 aromatic rings. The average molecular weight is 923 g/mol. The molecule has 0 unspecified atom stereocenters. The Balaban J connectivity index is 0.889. The molecule has 0 amide bonds. The van der Waals surface area contributed by atoms with Crippen molar-refractivity contribution < 1.29 is 0 Å². The number of fused-ring (bicyclic) bond motifs is 6. The first-order valence-electron chi connectivity index (χ1n) is 25.6. The summed E-state index contributed by atoms with van der Waals surface area (Å²) in [4.78, 5) is 4.87. The van der Waals surface area contributed by atoms with Gasteiger partial charge in [-0.2, -0.15) is 0 Å². The molecule has 13 rings (SSSR count). The zero-order chi connectivity index (χ0) is 47.8. The number of hydrogen-bond acceptors (Lipinski definition) is 2. The molecule has 344 valence electrons. The van der Waals surface area contributed by atoms with Gasteiger partial charge in [-0.3, -0.25) is 0 Å². The fourth-order valence-electron chi connectivity index (χ4n) is 11.9. The largest absolute Gasteiger partial charge is 0.310 e. The van der Waals surface area contributed by atoms with Gasteiger partial charge in [-0.15, -0.1) is 0 Å². The van der Waals surface area contributed by atoms with Crippen molar-refractivity contribution in [2.24, 2.45) is 0 Å². The maximum absolute atomic E-state index is 2.48. The van der Waals surface area contributed by atoms with E-state index >= 15 is 0 Å². The minimum Gasteiger partial charge on any atom is -0.310 e. The molecule has 72 heavy (non-hydrogen) atoms. The first-order valence-corrected chi connectivity index (χ1v) is 25.6. The van der Waals surface area contributed by atoms with Crippen LogP contribution in [0.4, 0.5) is 34.1 Å². The molecule has 0 aromatic heterocycles. The molecule has 0 saturated heterocycles. The third-order valence-electron chi connectivity index (χ3n) is 15.4. The fraction of sp³-hybridized carbons (Fsp3) is 0.0857. The minimum atomic E-state index is 0.117. The Hall–Kier alpha value is -8.72. The molecule has 1 saturated carbocycles. The van der Waals surface area contributed by atoms with E-state index in [0.717, 1.165) is 28.3 Å². The molecule has 2 aliphatic rings. The van der Waals surface area contributed by atoms with Gasteiger partial charge in [0.1, 0.15) is 0 Å². The SMILES string of the molecule is c1ccc(-c2ccc(N(c3ccc(-c4ccc(N(c5ccc6c(c5)-c5ccccc5C65CCCCC5)c5cccc6ccccc56)cc4)cc3)c3cc(-c4ccccc4)cc(-c4ccccc4)c3)cc2)cc1. The van der Waals surface area contributed by atoms with Crippen LogP contribution in [0.15, 0.2) is 267 Å². The van der Waals surface area contributed by atoms with Crippen molar-refractivity contribution in [1.29, 1.82) is 0 Å². The van der Waals surface area contributed by atoms with Crippen LogP contribution in [-0.4, -0.2) is 0 Å². The molecule has 0 N–H and O–H groups in total. The van der Waals surface area contributed by atoms with Crippen LogP contribution in [0.2, 0.25) is 0 Å². The Kier molecular flexibility index (Phi) is 11.2. The van der Waals surface area contributed by atoms with Crippen LogP contribution in [-0.2, 0) is 5.41 Å². The van der Waals surface area contributed by atoms with Gasteiger partial charge in [0, 0.05) is 39.2 Å². The Labute approximate surface area is 423 Å². The Morgan fingerprint density at radius 1 is 0.264 bits per heavy atom. The molecule has 1 spiro atoms. The highest BCUT2D eigenvalue weighted by Crippen LogP contribution is 2.57. The lowest BCUT2D eigenvalue weighted by Crippen LogP contribution is -2.28. The summed E-state index contributed by atoms with van der Waals surface area (Å²) in [5.74, 6) is 0. The van der Waals surface area contributed by atoms with E-state index in [4.69, 9.17) is 0 Å². The van der Waals surface area contributed by atoms with Gasteiger partial charge in [0.2, 0.25) is 0 Å². The molecule has 0 bridgehead atoms. The van der Waals surface area contributed by atoms with Crippen LogP contribution in [0, 0.1) is 0 Å². The lowest BCUT2D eigenvalue weighted by atomic mass is 9.68. The standard InChI is InChI=1S/C70H54N2/c1-5-18-50(19-6-1)53-30-36-59(37-31-53)71(63-47-57(51-20-7-2-8-21-51)46-58(48-63)52-22-9-3-10-23-52)60-38-32-54(33-39-60)55-34-40-61(41-35-55)72(69-29-17-25-56-24-11-12-26-64(56)69)62-42-43-68-66(49-62)65-27-13-14-28-67(65)70(68)44-15-4-16-45-70/h1-3,5-14,17-43,46-49H,4,15-16,44-45H2. The summed E-state index contributed by atoms with van der Waals surface area (Å²) < 4.78 is 0. The predicted molar refractivity (Wildman–Crippen MR) is 304 cm³/mol. The second-order valence-electron chi connectivity index (χ2n) is 19.6. The van der Waals surface area contributed by atoms with E-state index in [-0.39, 0.29) is 5.41 Å². The Morgan fingerprint density at radius 2 is 0.708 bits per heavy atom. The topological polar surface area (TPSA) is 6.48 Å². The van der Waals surface area contributed by atoms with Crippen molar-refractivity contribution in [1.82, 2.24) is 0 Å². The summed E-state index contributed by atoms with van der Waals surface area (Å²) in [5, 5.41) is 2.46. The lowest BCUT2D eigenvalue weighted by molar-refractivity contribution is 0.353. The van der Waals surface area contributed by atoms with E-state index in [2.05, 4.69) is 277 Å². The Bertz CT molecular complexity index is 3620. The first-order chi connectivity index (χ1) is 35.7. The Morgan fingerprint density at radius 3 is 1.29 bits per heavy atom. The molecular formula is C70H54N2. The molecular weight excluding hydrogens is 869 g/mol. The highest BCUT2D eigenvalue weighted by Gasteiger charge is 2.43. The fourth-order valence-corrected chi connectivity index (χ4v) is 11.9. The van der Waals surface area contributed by atoms with Crippen molar-refractivity contribution in [3.05, 3.63) is 278 Å². The summed E-state index contributed by atoms with van der Waals surface area (Å²) in [7, 11) is 0. The average Bonchev–Trinajstić information content (AvgIpc) is 3.72. The van der Waals surface area contributed by atoms with Gasteiger partial charge >= 0.3 is 0 Å². The second kappa shape index (κ2) is 18.6. The number of hydrogen-bond donors (Lipinski definition) is 0. The molecule has 1 fully saturated rings. The van der Waals surface area contributed by atoms with Crippen LogP contribution in [0.5, 0.6) is 0 Å². The van der Waals surface area contributed by atoms with Crippen molar-refractivity contribution >= 4 is 44.9 Å². The molecule has 2 heteroatoms. The lowest BCUT2D eigenvalue weighted by Gasteiger charge is -2.36. The molecule has 0 atom stereocenters. The van der Waals surface area contributed by atoms with Crippen molar-refractivity contribution in [3.8, 4) is 55.6 Å². The van der Waals surface area contributed by atoms with Crippen LogP contribution in [0.3, 0.4) is 0 Å². The van der Waals surface area contributed by atoms with Gasteiger partial charge in [-0.25, -0.2) is 0 Å². The number of rotatable bonds is 10. The third-order valence-corrected chi connectivity index (χ3v) is 15.4. The highest BCUT2D eigenvalue weighted by atomic mass is 15.1. The molecule has 2 aliphatic carbocycles. The summed E-state index contributed by atoms with van der Waals surface area (Å²) >= 11 is 0. The minimum absolute atomic E-state index is 0.117. The predicted octanol–water partition coefficient (Wildman–Crippen LogP) is 19.7. The first kappa shape index (κ1) is 43.3. The van der Waals surface area contributed by atoms with E-state index in [1.165, 1.54) is 115 Å². The summed E-state index contributed by atoms with van der Waals surface area (Å²) in [6.07, 6.45) is 6.34. The zero-order valence-electron chi connectivity index (χ0n) is 40.3. The zero-order valence-corrected chi connectivity index (χ0v) is 40.3. The van der Waals surface area contributed by atoms with Crippen molar-refractivity contribution in [2.75, 3.05) is 9.80 Å². The second-order valence-corrected chi connectivity index (χ2v) is 19.6. The maximum atomic E-state index is 2.48. The van der Waals surface area contributed by atoms with Gasteiger partial charge in [0.05, 0.1) is 5.69 Å². The van der Waals surface area contributed by atoms with Gasteiger partial charge in [-0.05, 0) is 158 Å². The quantitative estimate of drug-likeness (QED) is 0.135.